The van der Waals surface area contributed by atoms with E-state index in [4.69, 9.17) is 17.3 Å². The maximum Gasteiger partial charge on any atom is 0.257 e. The first-order valence-corrected chi connectivity index (χ1v) is 5.83. The van der Waals surface area contributed by atoms with Crippen molar-refractivity contribution in [3.8, 4) is 0 Å². The number of nitrogens with two attached hydrogens (primary N) is 1. The largest absolute Gasteiger partial charge is 0.382 e. The van der Waals surface area contributed by atoms with Gasteiger partial charge in [-0.25, -0.2) is 9.37 Å². The third kappa shape index (κ3) is 3.00. The molecule has 0 aliphatic heterocycles. The van der Waals surface area contributed by atoms with Gasteiger partial charge in [-0.05, 0) is 30.7 Å². The van der Waals surface area contributed by atoms with Gasteiger partial charge in [0, 0.05) is 11.9 Å². The third-order valence-electron chi connectivity index (χ3n) is 2.58. The first-order valence-electron chi connectivity index (χ1n) is 5.46. The molecule has 0 saturated heterocycles. The first-order chi connectivity index (χ1) is 8.97. The molecule has 0 atom stereocenters. The van der Waals surface area contributed by atoms with E-state index in [1.54, 1.807) is 13.0 Å². The molecule has 0 bridgehead atoms. The number of benzene rings is 1. The molecule has 1 aromatic carbocycles. The summed E-state index contributed by atoms with van der Waals surface area (Å²) in [4.78, 5) is 15.8. The van der Waals surface area contributed by atoms with Crippen LogP contribution in [-0.2, 0) is 0 Å². The lowest BCUT2D eigenvalue weighted by Gasteiger charge is -2.08. The highest BCUT2D eigenvalue weighted by Gasteiger charge is 2.10. The number of nitrogens with zero attached hydrogens (tertiary/aromatic N) is 1. The van der Waals surface area contributed by atoms with E-state index < -0.39 is 11.7 Å². The molecule has 2 aromatic rings. The van der Waals surface area contributed by atoms with E-state index in [9.17, 15) is 9.18 Å². The van der Waals surface area contributed by atoms with Crippen LogP contribution in [0.1, 0.15) is 15.9 Å². The van der Waals surface area contributed by atoms with Crippen molar-refractivity contribution in [2.45, 2.75) is 6.92 Å². The number of halogens is 2. The SMILES string of the molecule is Cc1ccc(F)cc1NC(=O)c1cnc(N)c(Cl)c1. The minimum absolute atomic E-state index is 0.153. The van der Waals surface area contributed by atoms with Gasteiger partial charge in [-0.3, -0.25) is 4.79 Å². The molecule has 0 aliphatic rings. The van der Waals surface area contributed by atoms with Crippen molar-refractivity contribution < 1.29 is 9.18 Å². The van der Waals surface area contributed by atoms with E-state index in [-0.39, 0.29) is 16.4 Å². The van der Waals surface area contributed by atoms with E-state index in [1.165, 1.54) is 24.4 Å². The molecule has 0 spiro atoms. The van der Waals surface area contributed by atoms with E-state index in [0.717, 1.165) is 5.56 Å². The molecule has 0 unspecified atom stereocenters. The Morgan fingerprint density at radius 3 is 2.84 bits per heavy atom. The van der Waals surface area contributed by atoms with Crippen LogP contribution in [0.5, 0.6) is 0 Å². The monoisotopic (exact) mass is 279 g/mol. The van der Waals surface area contributed by atoms with Gasteiger partial charge in [0.2, 0.25) is 0 Å². The van der Waals surface area contributed by atoms with Gasteiger partial charge in [-0.1, -0.05) is 17.7 Å². The van der Waals surface area contributed by atoms with Crippen LogP contribution in [0.4, 0.5) is 15.9 Å². The normalized spacial score (nSPS) is 10.3. The summed E-state index contributed by atoms with van der Waals surface area (Å²) in [7, 11) is 0. The van der Waals surface area contributed by atoms with Crippen LogP contribution in [0.3, 0.4) is 0 Å². The summed E-state index contributed by atoms with van der Waals surface area (Å²) in [5, 5.41) is 2.79. The second kappa shape index (κ2) is 5.24. The lowest BCUT2D eigenvalue weighted by molar-refractivity contribution is 0.102. The summed E-state index contributed by atoms with van der Waals surface area (Å²) in [6.07, 6.45) is 1.31. The summed E-state index contributed by atoms with van der Waals surface area (Å²) in [6.45, 7) is 1.77. The third-order valence-corrected chi connectivity index (χ3v) is 2.88. The number of aromatic nitrogens is 1. The molecular weight excluding hydrogens is 269 g/mol. The predicted molar refractivity (Wildman–Crippen MR) is 72.7 cm³/mol. The second-order valence-electron chi connectivity index (χ2n) is 4.00. The molecular formula is C13H11ClFN3O. The van der Waals surface area contributed by atoms with Gasteiger partial charge in [0.05, 0.1) is 10.6 Å². The maximum atomic E-state index is 13.1. The minimum atomic E-state index is -0.428. The molecule has 0 saturated carbocycles. The Morgan fingerprint density at radius 1 is 1.42 bits per heavy atom. The molecule has 4 nitrogen and oxygen atoms in total. The molecule has 3 N–H and O–H groups in total. The number of nitrogens with one attached hydrogen (secondary N) is 1. The fourth-order valence-corrected chi connectivity index (χ4v) is 1.66. The molecule has 0 aliphatic carbocycles. The van der Waals surface area contributed by atoms with Crippen LogP contribution >= 0.6 is 11.6 Å². The van der Waals surface area contributed by atoms with Crippen molar-refractivity contribution in [1.82, 2.24) is 4.98 Å². The van der Waals surface area contributed by atoms with Gasteiger partial charge in [-0.15, -0.1) is 0 Å². The molecule has 6 heteroatoms. The number of pyridine rings is 1. The fourth-order valence-electron chi connectivity index (χ4n) is 1.50. The van der Waals surface area contributed by atoms with E-state index >= 15 is 0 Å². The highest BCUT2D eigenvalue weighted by atomic mass is 35.5. The van der Waals surface area contributed by atoms with Crippen molar-refractivity contribution in [3.05, 3.63) is 52.4 Å². The van der Waals surface area contributed by atoms with Crippen molar-refractivity contribution in [2.75, 3.05) is 11.1 Å². The Labute approximate surface area is 114 Å². The Balaban J connectivity index is 2.25. The van der Waals surface area contributed by atoms with Crippen molar-refractivity contribution in [2.24, 2.45) is 0 Å². The number of amides is 1. The van der Waals surface area contributed by atoms with Crippen molar-refractivity contribution in [1.29, 1.82) is 0 Å². The average Bonchev–Trinajstić information content (AvgIpc) is 2.37. The molecule has 1 amide bonds. The molecule has 0 radical (unpaired) electrons. The second-order valence-corrected chi connectivity index (χ2v) is 4.41. The van der Waals surface area contributed by atoms with Gasteiger partial charge in [-0.2, -0.15) is 0 Å². The summed E-state index contributed by atoms with van der Waals surface area (Å²) in [5.41, 5.74) is 6.87. The molecule has 19 heavy (non-hydrogen) atoms. The Morgan fingerprint density at radius 2 is 2.16 bits per heavy atom. The number of hydrogen-bond donors (Lipinski definition) is 2. The van der Waals surface area contributed by atoms with Gasteiger partial charge in [0.15, 0.2) is 0 Å². The standard InChI is InChI=1S/C13H11ClFN3O/c1-7-2-3-9(15)5-11(7)18-13(19)8-4-10(14)12(16)17-6-8/h2-6H,1H3,(H2,16,17)(H,18,19). The molecule has 1 aromatic heterocycles. The quantitative estimate of drug-likeness (QED) is 0.888. The van der Waals surface area contributed by atoms with Gasteiger partial charge in [0.25, 0.3) is 5.91 Å². The number of carbonyl (C=O) groups is 1. The maximum absolute atomic E-state index is 13.1. The summed E-state index contributed by atoms with van der Waals surface area (Å²) < 4.78 is 13.1. The van der Waals surface area contributed by atoms with Gasteiger partial charge < -0.3 is 11.1 Å². The van der Waals surface area contributed by atoms with Crippen LogP contribution < -0.4 is 11.1 Å². The number of carbonyl (C=O) groups excluding carboxylic acids is 1. The molecule has 1 heterocycles. The Kier molecular flexibility index (Phi) is 3.66. The summed E-state index contributed by atoms with van der Waals surface area (Å²) >= 11 is 5.79. The number of nitrogen functional groups attached to an aromatic ring is 1. The summed E-state index contributed by atoms with van der Waals surface area (Å²) in [5.74, 6) is -0.697. The van der Waals surface area contributed by atoms with Crippen LogP contribution in [0, 0.1) is 12.7 Å². The Hall–Kier alpha value is -2.14. The molecule has 2 rings (SSSR count). The molecule has 0 fully saturated rings. The van der Waals surface area contributed by atoms with Crippen molar-refractivity contribution in [3.63, 3.8) is 0 Å². The zero-order valence-electron chi connectivity index (χ0n) is 10.1. The number of anilines is 2. The average molecular weight is 280 g/mol. The van der Waals surface area contributed by atoms with Crippen molar-refractivity contribution >= 4 is 29.0 Å². The zero-order valence-corrected chi connectivity index (χ0v) is 10.8. The van der Waals surface area contributed by atoms with Gasteiger partial charge in [0.1, 0.15) is 11.6 Å². The van der Waals surface area contributed by atoms with Crippen LogP contribution in [0.2, 0.25) is 5.02 Å². The predicted octanol–water partition coefficient (Wildman–Crippen LogP) is 3.02. The van der Waals surface area contributed by atoms with E-state index in [1.807, 2.05) is 0 Å². The van der Waals surface area contributed by atoms with Gasteiger partial charge >= 0.3 is 0 Å². The highest BCUT2D eigenvalue weighted by Crippen LogP contribution is 2.20. The van der Waals surface area contributed by atoms with Crippen LogP contribution in [-0.4, -0.2) is 10.9 Å². The lowest BCUT2D eigenvalue weighted by Crippen LogP contribution is -2.13. The first kappa shape index (κ1) is 13.3. The highest BCUT2D eigenvalue weighted by molar-refractivity contribution is 6.33. The Bertz CT molecular complexity index is 646. The number of hydrogen-bond acceptors (Lipinski definition) is 3. The van der Waals surface area contributed by atoms with E-state index in [0.29, 0.717) is 5.69 Å². The topological polar surface area (TPSA) is 68.0 Å². The number of aryl methyl sites for hydroxylation is 1. The lowest BCUT2D eigenvalue weighted by atomic mass is 10.2. The van der Waals surface area contributed by atoms with Crippen LogP contribution in [0.15, 0.2) is 30.5 Å². The fraction of sp³-hybridized carbons (Fsp3) is 0.0769. The van der Waals surface area contributed by atoms with Crippen LogP contribution in [0.25, 0.3) is 0 Å². The zero-order chi connectivity index (χ0) is 14.0. The molecule has 98 valence electrons. The minimum Gasteiger partial charge on any atom is -0.382 e. The van der Waals surface area contributed by atoms with E-state index in [2.05, 4.69) is 10.3 Å². The number of rotatable bonds is 2. The smallest absolute Gasteiger partial charge is 0.257 e. The summed E-state index contributed by atoms with van der Waals surface area (Å²) in [6, 6.07) is 5.57.